The number of aromatic nitrogens is 4. The van der Waals surface area contributed by atoms with E-state index in [2.05, 4.69) is 115 Å². The topological polar surface area (TPSA) is 64.7 Å². The van der Waals surface area contributed by atoms with Crippen molar-refractivity contribution in [3.8, 4) is 67.0 Å². The Hall–Kier alpha value is -6.76. The lowest BCUT2D eigenvalue weighted by atomic mass is 9.99. The smallest absolute Gasteiger partial charge is 0.164 e. The Balaban J connectivity index is 1.10. The van der Waals surface area contributed by atoms with Crippen LogP contribution in [-0.2, 0) is 0 Å². The van der Waals surface area contributed by atoms with Crippen LogP contribution < -0.4 is 0 Å². The van der Waals surface area contributed by atoms with E-state index in [1.807, 2.05) is 54.6 Å². The number of hydrogen-bond acceptors (Lipinski definition) is 6. The van der Waals surface area contributed by atoms with Gasteiger partial charge < -0.3 is 4.42 Å². The number of hydrogen-bond donors (Lipinski definition) is 0. The Morgan fingerprint density at radius 1 is 0.385 bits per heavy atom. The fourth-order valence-electron chi connectivity index (χ4n) is 6.80. The second kappa shape index (κ2) is 12.5. The lowest BCUT2D eigenvalue weighted by Crippen LogP contribution is -2.00. The van der Waals surface area contributed by atoms with Crippen LogP contribution in [0, 0.1) is 0 Å². The van der Waals surface area contributed by atoms with Crippen molar-refractivity contribution in [2.45, 2.75) is 0 Å². The minimum Gasteiger partial charge on any atom is -0.456 e. The average Bonchev–Trinajstić information content (AvgIpc) is 3.83. The van der Waals surface area contributed by atoms with Gasteiger partial charge in [-0.1, -0.05) is 133 Å². The van der Waals surface area contributed by atoms with E-state index in [0.29, 0.717) is 17.5 Å². The van der Waals surface area contributed by atoms with Crippen molar-refractivity contribution < 1.29 is 4.42 Å². The molecule has 0 bridgehead atoms. The zero-order valence-electron chi connectivity index (χ0n) is 27.8. The molecular formula is C46H28N4OS. The van der Waals surface area contributed by atoms with Crippen LogP contribution in [0.1, 0.15) is 0 Å². The number of thiazole rings is 1. The minimum atomic E-state index is 0.591. The van der Waals surface area contributed by atoms with E-state index in [9.17, 15) is 0 Å². The number of fused-ring (bicyclic) bond motifs is 4. The average molecular weight is 685 g/mol. The molecule has 52 heavy (non-hydrogen) atoms. The van der Waals surface area contributed by atoms with Crippen molar-refractivity contribution in [1.29, 1.82) is 0 Å². The summed E-state index contributed by atoms with van der Waals surface area (Å²) < 4.78 is 7.62. The first-order valence-corrected chi connectivity index (χ1v) is 17.9. The summed E-state index contributed by atoms with van der Waals surface area (Å²) in [5.74, 6) is 1.82. The molecule has 10 aromatic rings. The lowest BCUT2D eigenvalue weighted by Gasteiger charge is -2.10. The first kappa shape index (κ1) is 30.1. The second-order valence-corrected chi connectivity index (χ2v) is 13.7. The van der Waals surface area contributed by atoms with Crippen LogP contribution in [0.5, 0.6) is 0 Å². The highest BCUT2D eigenvalue weighted by Gasteiger charge is 2.19. The molecular weight excluding hydrogens is 657 g/mol. The summed E-state index contributed by atoms with van der Waals surface area (Å²) in [7, 11) is 0. The van der Waals surface area contributed by atoms with E-state index in [0.717, 1.165) is 77.0 Å². The molecule has 0 spiro atoms. The maximum absolute atomic E-state index is 6.43. The summed E-state index contributed by atoms with van der Waals surface area (Å²) in [6.07, 6.45) is 0. The zero-order valence-corrected chi connectivity index (χ0v) is 28.6. The predicted molar refractivity (Wildman–Crippen MR) is 213 cm³/mol. The van der Waals surface area contributed by atoms with Gasteiger partial charge in [0.05, 0.1) is 10.2 Å². The highest BCUT2D eigenvalue weighted by atomic mass is 32.1. The number of rotatable bonds is 6. The minimum absolute atomic E-state index is 0.591. The summed E-state index contributed by atoms with van der Waals surface area (Å²) in [5, 5.41) is 3.00. The van der Waals surface area contributed by atoms with Crippen molar-refractivity contribution in [2.75, 3.05) is 0 Å². The molecule has 0 saturated carbocycles. The van der Waals surface area contributed by atoms with E-state index < -0.39 is 0 Å². The van der Waals surface area contributed by atoms with Gasteiger partial charge in [-0.05, 0) is 58.7 Å². The number of nitrogens with zero attached hydrogens (tertiary/aromatic N) is 4. The molecule has 0 aliphatic heterocycles. The van der Waals surface area contributed by atoms with Gasteiger partial charge in [0.15, 0.2) is 17.5 Å². The van der Waals surface area contributed by atoms with E-state index >= 15 is 0 Å². The molecule has 0 amide bonds. The Labute approximate surface area is 303 Å². The van der Waals surface area contributed by atoms with E-state index in [1.165, 1.54) is 4.70 Å². The van der Waals surface area contributed by atoms with Crippen molar-refractivity contribution in [2.24, 2.45) is 0 Å². The van der Waals surface area contributed by atoms with Gasteiger partial charge in [0.25, 0.3) is 0 Å². The molecule has 0 N–H and O–H groups in total. The van der Waals surface area contributed by atoms with Gasteiger partial charge in [-0.25, -0.2) is 19.9 Å². The Morgan fingerprint density at radius 3 is 1.79 bits per heavy atom. The third-order valence-electron chi connectivity index (χ3n) is 9.39. The number of para-hydroxylation sites is 1. The van der Waals surface area contributed by atoms with Gasteiger partial charge in [0.2, 0.25) is 0 Å². The van der Waals surface area contributed by atoms with Crippen molar-refractivity contribution in [3.05, 3.63) is 170 Å². The lowest BCUT2D eigenvalue weighted by molar-refractivity contribution is 0.669. The van der Waals surface area contributed by atoms with Gasteiger partial charge in [-0.3, -0.25) is 0 Å². The highest BCUT2D eigenvalue weighted by Crippen LogP contribution is 2.39. The number of benzene rings is 7. The van der Waals surface area contributed by atoms with Crippen molar-refractivity contribution in [3.63, 3.8) is 0 Å². The normalized spacial score (nSPS) is 11.5. The molecule has 0 atom stereocenters. The summed E-state index contributed by atoms with van der Waals surface area (Å²) in [4.78, 5) is 20.1. The maximum Gasteiger partial charge on any atom is 0.164 e. The molecule has 3 heterocycles. The summed E-state index contributed by atoms with van der Waals surface area (Å²) in [6.45, 7) is 0. The number of furan rings is 1. The molecule has 6 heteroatoms. The zero-order chi connectivity index (χ0) is 34.4. The van der Waals surface area contributed by atoms with Crippen LogP contribution >= 0.6 is 11.3 Å². The van der Waals surface area contributed by atoms with E-state index in [1.54, 1.807) is 11.3 Å². The van der Waals surface area contributed by atoms with Crippen LogP contribution in [-0.4, -0.2) is 19.9 Å². The van der Waals surface area contributed by atoms with Gasteiger partial charge in [0, 0.05) is 33.0 Å². The monoisotopic (exact) mass is 684 g/mol. The first-order valence-electron chi connectivity index (χ1n) is 17.1. The quantitative estimate of drug-likeness (QED) is 0.174. The van der Waals surface area contributed by atoms with Crippen LogP contribution in [0.2, 0.25) is 0 Å². The molecule has 0 fully saturated rings. The van der Waals surface area contributed by atoms with Gasteiger partial charge in [-0.2, -0.15) is 0 Å². The standard InChI is InChI=1S/C46H28N4OS/c1-3-11-29(12-4-1)33-15-9-16-35(27-33)44-48-43(31-13-5-2-6-14-31)49-45(50-44)36-17-10-19-40-42(36)37-28-34(25-26-39(37)51-40)30-21-23-32(24-22-30)46-47-38-18-7-8-20-41(38)52-46/h1-28H. The molecule has 0 aliphatic carbocycles. The molecule has 0 aliphatic rings. The summed E-state index contributed by atoms with van der Waals surface area (Å²) in [6, 6.07) is 58.2. The van der Waals surface area contributed by atoms with Crippen LogP contribution in [0.15, 0.2) is 174 Å². The molecule has 3 aromatic heterocycles. The predicted octanol–water partition coefficient (Wildman–Crippen LogP) is 12.4. The third kappa shape index (κ3) is 5.43. The fourth-order valence-corrected chi connectivity index (χ4v) is 7.78. The third-order valence-corrected chi connectivity index (χ3v) is 10.5. The van der Waals surface area contributed by atoms with Gasteiger partial charge in [0.1, 0.15) is 16.2 Å². The largest absolute Gasteiger partial charge is 0.456 e. The van der Waals surface area contributed by atoms with Crippen molar-refractivity contribution in [1.82, 2.24) is 19.9 Å². The molecule has 7 aromatic carbocycles. The Kier molecular flexibility index (Phi) is 7.25. The first-order chi connectivity index (χ1) is 25.7. The van der Waals surface area contributed by atoms with Crippen LogP contribution in [0.25, 0.3) is 99.1 Å². The van der Waals surface area contributed by atoms with Gasteiger partial charge >= 0.3 is 0 Å². The maximum atomic E-state index is 6.43. The van der Waals surface area contributed by atoms with Crippen LogP contribution in [0.4, 0.5) is 0 Å². The molecule has 10 rings (SSSR count). The van der Waals surface area contributed by atoms with Gasteiger partial charge in [-0.15, -0.1) is 11.3 Å². The van der Waals surface area contributed by atoms with E-state index in [-0.39, 0.29) is 0 Å². The summed E-state index contributed by atoms with van der Waals surface area (Å²) in [5.41, 5.74) is 10.9. The highest BCUT2D eigenvalue weighted by molar-refractivity contribution is 7.21. The second-order valence-electron chi connectivity index (χ2n) is 12.7. The molecule has 0 unspecified atom stereocenters. The summed E-state index contributed by atoms with van der Waals surface area (Å²) >= 11 is 1.71. The molecule has 0 radical (unpaired) electrons. The van der Waals surface area contributed by atoms with Crippen LogP contribution in [0.3, 0.4) is 0 Å². The molecule has 5 nitrogen and oxygen atoms in total. The molecule has 244 valence electrons. The molecule has 0 saturated heterocycles. The SMILES string of the molecule is c1ccc(-c2cccc(-c3nc(-c4ccccc4)nc(-c4cccc5oc6ccc(-c7ccc(-c8nc9ccccc9s8)cc7)cc6c45)n3)c2)cc1. The van der Waals surface area contributed by atoms with Crippen molar-refractivity contribution >= 4 is 43.5 Å². The fraction of sp³-hybridized carbons (Fsp3) is 0. The Morgan fingerprint density at radius 2 is 0.981 bits per heavy atom. The Bertz CT molecular complexity index is 2860. The van der Waals surface area contributed by atoms with E-state index in [4.69, 9.17) is 24.4 Å².